The van der Waals surface area contributed by atoms with Crippen LogP contribution in [0.1, 0.15) is 44.6 Å². The van der Waals surface area contributed by atoms with E-state index in [-0.39, 0.29) is 24.0 Å². The number of anilines is 2. The van der Waals surface area contributed by atoms with Crippen molar-refractivity contribution in [2.24, 2.45) is 4.99 Å². The maximum atomic E-state index is 4.87. The van der Waals surface area contributed by atoms with Gasteiger partial charge in [0.1, 0.15) is 5.82 Å². The smallest absolute Gasteiger partial charge is 0.191 e. The third-order valence-corrected chi connectivity index (χ3v) is 6.84. The summed E-state index contributed by atoms with van der Waals surface area (Å²) in [6.07, 6.45) is 8.07. The fourth-order valence-electron chi connectivity index (χ4n) is 4.23. The number of hydrogen-bond donors (Lipinski definition) is 2. The normalized spacial score (nSPS) is 17.9. The zero-order valence-electron chi connectivity index (χ0n) is 18.4. The highest BCUT2D eigenvalue weighted by Gasteiger charge is 2.20. The lowest BCUT2D eigenvalue weighted by Crippen LogP contribution is -2.48. The van der Waals surface area contributed by atoms with Crippen molar-refractivity contribution >= 4 is 52.1 Å². The van der Waals surface area contributed by atoms with Crippen LogP contribution in [0, 0.1) is 0 Å². The molecule has 2 fully saturated rings. The number of rotatable bonds is 6. The number of thiophene rings is 1. The number of piperidine rings is 2. The van der Waals surface area contributed by atoms with Gasteiger partial charge in [0.05, 0.1) is 11.5 Å². The van der Waals surface area contributed by atoms with Gasteiger partial charge in [-0.25, -0.2) is 9.98 Å². The molecule has 2 N–H and O–H groups in total. The predicted octanol–water partition coefficient (Wildman–Crippen LogP) is 4.48. The van der Waals surface area contributed by atoms with Crippen molar-refractivity contribution in [1.29, 1.82) is 0 Å². The molecule has 0 amide bonds. The number of hydrogen-bond acceptors (Lipinski definition) is 5. The molecule has 0 radical (unpaired) electrons. The number of nitrogens with zero attached hydrogens (tertiary/aromatic N) is 4. The summed E-state index contributed by atoms with van der Waals surface area (Å²) in [7, 11) is 0. The number of halogens is 1. The van der Waals surface area contributed by atoms with E-state index in [1.165, 1.54) is 29.8 Å². The Morgan fingerprint density at radius 2 is 1.94 bits per heavy atom. The first kappa shape index (κ1) is 24.1. The van der Waals surface area contributed by atoms with Crippen LogP contribution >= 0.6 is 35.3 Å². The summed E-state index contributed by atoms with van der Waals surface area (Å²) in [5.41, 5.74) is 1.22. The van der Waals surface area contributed by atoms with Crippen molar-refractivity contribution in [3.05, 3.63) is 41.4 Å². The Hall–Kier alpha value is -1.55. The van der Waals surface area contributed by atoms with Crippen molar-refractivity contribution in [2.45, 2.75) is 51.6 Å². The summed E-state index contributed by atoms with van der Waals surface area (Å²) in [6.45, 7) is 8.10. The molecular formula is C23H35IN6S. The highest BCUT2D eigenvalue weighted by atomic mass is 127. The third kappa shape index (κ3) is 6.97. The van der Waals surface area contributed by atoms with Gasteiger partial charge in [0.25, 0.3) is 0 Å². The van der Waals surface area contributed by atoms with Gasteiger partial charge in [0.2, 0.25) is 0 Å². The minimum absolute atomic E-state index is 0. The van der Waals surface area contributed by atoms with Gasteiger partial charge < -0.3 is 20.4 Å². The van der Waals surface area contributed by atoms with E-state index in [1.54, 1.807) is 0 Å². The standard InChI is InChI=1S/C23H34N6S.HI/c1-2-24-23(27-20-9-14-29(15-10-20)22-7-6-16-30-22)26-18-19-8-11-25-21(17-19)28-12-4-3-5-13-28;/h6-8,11,16-17,20H,2-5,9-10,12-15,18H2,1H3,(H2,24,26,27);1H. The molecule has 0 spiro atoms. The zero-order chi connectivity index (χ0) is 20.6. The second kappa shape index (κ2) is 12.5. The SMILES string of the molecule is CCNC(=NCc1ccnc(N2CCCCC2)c1)NC1CCN(c2cccs2)CC1.I. The largest absolute Gasteiger partial charge is 0.363 e. The van der Waals surface area contributed by atoms with Crippen LogP contribution in [0.4, 0.5) is 10.8 Å². The highest BCUT2D eigenvalue weighted by Crippen LogP contribution is 2.25. The summed E-state index contributed by atoms with van der Waals surface area (Å²) in [4.78, 5) is 14.4. The van der Waals surface area contributed by atoms with Gasteiger partial charge >= 0.3 is 0 Å². The monoisotopic (exact) mass is 554 g/mol. The molecule has 170 valence electrons. The second-order valence-electron chi connectivity index (χ2n) is 8.12. The lowest BCUT2D eigenvalue weighted by molar-refractivity contribution is 0.463. The van der Waals surface area contributed by atoms with Crippen LogP contribution in [0.2, 0.25) is 0 Å². The fraction of sp³-hybridized carbons (Fsp3) is 0.565. The van der Waals surface area contributed by atoms with Crippen molar-refractivity contribution in [1.82, 2.24) is 15.6 Å². The molecule has 0 bridgehead atoms. The second-order valence-corrected chi connectivity index (χ2v) is 9.05. The van der Waals surface area contributed by atoms with E-state index in [2.05, 4.69) is 62.0 Å². The van der Waals surface area contributed by atoms with Crippen molar-refractivity contribution in [3.63, 3.8) is 0 Å². The Labute approximate surface area is 207 Å². The van der Waals surface area contributed by atoms with Crippen LogP contribution in [0.15, 0.2) is 40.8 Å². The Bertz CT molecular complexity index is 798. The zero-order valence-corrected chi connectivity index (χ0v) is 21.6. The molecule has 6 nitrogen and oxygen atoms in total. The molecule has 2 aromatic heterocycles. The van der Waals surface area contributed by atoms with E-state index in [4.69, 9.17) is 4.99 Å². The Balaban J connectivity index is 0.00000272. The van der Waals surface area contributed by atoms with Gasteiger partial charge in [-0.05, 0) is 74.2 Å². The molecule has 2 saturated heterocycles. The van der Waals surface area contributed by atoms with E-state index in [9.17, 15) is 0 Å². The number of pyridine rings is 1. The number of nitrogens with one attached hydrogen (secondary N) is 2. The summed E-state index contributed by atoms with van der Waals surface area (Å²) in [5.74, 6) is 2.02. The quantitative estimate of drug-likeness (QED) is 0.314. The molecule has 2 aromatic rings. The molecule has 0 unspecified atom stereocenters. The minimum Gasteiger partial charge on any atom is -0.363 e. The molecule has 31 heavy (non-hydrogen) atoms. The molecule has 0 aliphatic carbocycles. The van der Waals surface area contributed by atoms with Gasteiger partial charge in [0.15, 0.2) is 5.96 Å². The van der Waals surface area contributed by atoms with Crippen molar-refractivity contribution in [2.75, 3.05) is 42.5 Å². The fourth-order valence-corrected chi connectivity index (χ4v) is 5.02. The number of aliphatic imine (C=N–C) groups is 1. The first-order chi connectivity index (χ1) is 14.8. The molecule has 0 saturated carbocycles. The van der Waals surface area contributed by atoms with E-state index < -0.39 is 0 Å². The van der Waals surface area contributed by atoms with Crippen LogP contribution in [0.5, 0.6) is 0 Å². The third-order valence-electron chi connectivity index (χ3n) is 5.91. The van der Waals surface area contributed by atoms with E-state index >= 15 is 0 Å². The van der Waals surface area contributed by atoms with Crippen LogP contribution < -0.4 is 20.4 Å². The van der Waals surface area contributed by atoms with Crippen LogP contribution in [0.25, 0.3) is 0 Å². The van der Waals surface area contributed by atoms with Crippen LogP contribution in [-0.4, -0.2) is 49.7 Å². The van der Waals surface area contributed by atoms with Gasteiger partial charge in [-0.1, -0.05) is 0 Å². The summed E-state index contributed by atoms with van der Waals surface area (Å²) < 4.78 is 0. The Kier molecular flexibility index (Phi) is 9.70. The van der Waals surface area contributed by atoms with Crippen LogP contribution in [0.3, 0.4) is 0 Å². The molecule has 4 heterocycles. The summed E-state index contributed by atoms with van der Waals surface area (Å²) in [6, 6.07) is 9.12. The first-order valence-electron chi connectivity index (χ1n) is 11.3. The summed E-state index contributed by atoms with van der Waals surface area (Å²) >= 11 is 1.83. The average molecular weight is 555 g/mol. The molecule has 8 heteroatoms. The molecule has 4 rings (SSSR count). The minimum atomic E-state index is 0. The molecule has 0 atom stereocenters. The molecule has 0 aromatic carbocycles. The Morgan fingerprint density at radius 1 is 1.13 bits per heavy atom. The lowest BCUT2D eigenvalue weighted by atomic mass is 10.1. The van der Waals surface area contributed by atoms with Crippen LogP contribution in [-0.2, 0) is 6.54 Å². The topological polar surface area (TPSA) is 55.8 Å². The van der Waals surface area contributed by atoms with Crippen molar-refractivity contribution in [3.8, 4) is 0 Å². The molecular weight excluding hydrogens is 519 g/mol. The van der Waals surface area contributed by atoms with Gasteiger partial charge in [0, 0.05) is 45.0 Å². The Morgan fingerprint density at radius 3 is 2.65 bits per heavy atom. The maximum absolute atomic E-state index is 4.87. The van der Waals surface area contributed by atoms with Gasteiger partial charge in [-0.15, -0.1) is 35.3 Å². The highest BCUT2D eigenvalue weighted by molar-refractivity contribution is 14.0. The van der Waals surface area contributed by atoms with E-state index in [0.717, 1.165) is 57.3 Å². The number of guanidine groups is 1. The summed E-state index contributed by atoms with van der Waals surface area (Å²) in [5, 5.41) is 10.6. The van der Waals surface area contributed by atoms with Gasteiger partial charge in [-0.2, -0.15) is 0 Å². The average Bonchev–Trinajstić information content (AvgIpc) is 3.34. The maximum Gasteiger partial charge on any atom is 0.191 e. The predicted molar refractivity (Wildman–Crippen MR) is 143 cm³/mol. The first-order valence-corrected chi connectivity index (χ1v) is 12.2. The number of aromatic nitrogens is 1. The van der Waals surface area contributed by atoms with E-state index in [1.807, 2.05) is 17.5 Å². The molecule has 2 aliphatic rings. The van der Waals surface area contributed by atoms with E-state index in [0.29, 0.717) is 12.6 Å². The van der Waals surface area contributed by atoms with Gasteiger partial charge in [-0.3, -0.25) is 0 Å². The van der Waals surface area contributed by atoms with Crippen molar-refractivity contribution < 1.29 is 0 Å². The lowest BCUT2D eigenvalue weighted by Gasteiger charge is -2.33. The molecule has 2 aliphatic heterocycles.